The molecule has 5 nitrogen and oxygen atoms in total. The number of hydrogen-bond donors (Lipinski definition) is 1. The van der Waals surface area contributed by atoms with E-state index in [0.717, 1.165) is 5.56 Å². The van der Waals surface area contributed by atoms with Crippen LogP contribution in [-0.2, 0) is 25.7 Å². The molecule has 0 aromatic heterocycles. The molecule has 5 heteroatoms. The largest absolute Gasteiger partial charge is 0.479 e. The second-order valence-corrected chi connectivity index (χ2v) is 3.41. The molecule has 1 N–H and O–H groups in total. The third kappa shape index (κ3) is 2.38. The van der Waals surface area contributed by atoms with Gasteiger partial charge in [-0.2, -0.15) is 0 Å². The molecule has 16 heavy (non-hydrogen) atoms. The molecule has 1 aliphatic heterocycles. The summed E-state index contributed by atoms with van der Waals surface area (Å²) in [7, 11) is 0. The van der Waals surface area contributed by atoms with Crippen LogP contribution in [0.2, 0.25) is 0 Å². The van der Waals surface area contributed by atoms with E-state index in [1.54, 1.807) is 0 Å². The van der Waals surface area contributed by atoms with Crippen LogP contribution >= 0.6 is 0 Å². The highest BCUT2D eigenvalue weighted by molar-refractivity contribution is 5.88. The summed E-state index contributed by atoms with van der Waals surface area (Å²) in [5.74, 6) is -1.77. The molecular weight excluding hydrogens is 212 g/mol. The first kappa shape index (κ1) is 10.6. The van der Waals surface area contributed by atoms with Gasteiger partial charge in [0.2, 0.25) is 0 Å². The van der Waals surface area contributed by atoms with Gasteiger partial charge in [-0.15, -0.1) is 0 Å². The van der Waals surface area contributed by atoms with E-state index >= 15 is 0 Å². The van der Waals surface area contributed by atoms with Gasteiger partial charge in [0.05, 0.1) is 0 Å². The van der Waals surface area contributed by atoms with E-state index in [1.165, 1.54) is 0 Å². The number of rotatable bonds is 4. The Morgan fingerprint density at radius 2 is 1.94 bits per heavy atom. The summed E-state index contributed by atoms with van der Waals surface area (Å²) < 4.78 is 9.56. The van der Waals surface area contributed by atoms with E-state index in [9.17, 15) is 9.59 Å². The monoisotopic (exact) mass is 222 g/mol. The fraction of sp³-hybridized carbons (Fsp3) is 0.273. The molecule has 0 aliphatic carbocycles. The molecule has 1 saturated heterocycles. The maximum Gasteiger partial charge on any atom is 0.339 e. The van der Waals surface area contributed by atoms with Crippen molar-refractivity contribution < 1.29 is 24.2 Å². The summed E-state index contributed by atoms with van der Waals surface area (Å²) in [5, 5.41) is 8.53. The highest BCUT2D eigenvalue weighted by atomic mass is 16.7. The van der Waals surface area contributed by atoms with Gasteiger partial charge in [0.15, 0.2) is 12.2 Å². The van der Waals surface area contributed by atoms with Gasteiger partial charge >= 0.3 is 11.9 Å². The summed E-state index contributed by atoms with van der Waals surface area (Å²) >= 11 is 0. The van der Waals surface area contributed by atoms with Crippen molar-refractivity contribution in [2.75, 3.05) is 0 Å². The lowest BCUT2D eigenvalue weighted by molar-refractivity contribution is -0.147. The lowest BCUT2D eigenvalue weighted by Gasteiger charge is -2.02. The number of ether oxygens (including phenoxy) is 2. The van der Waals surface area contributed by atoms with Crippen LogP contribution in [-0.4, -0.2) is 29.3 Å². The Balaban J connectivity index is 1.80. The van der Waals surface area contributed by atoms with Crippen molar-refractivity contribution in [2.45, 2.75) is 18.8 Å². The zero-order chi connectivity index (χ0) is 11.5. The highest BCUT2D eigenvalue weighted by Crippen LogP contribution is 2.23. The van der Waals surface area contributed by atoms with Crippen molar-refractivity contribution in [3.8, 4) is 0 Å². The number of esters is 1. The number of carboxylic acid groups (broad SMARTS) is 1. The lowest BCUT2D eigenvalue weighted by atomic mass is 10.2. The molecular formula is C11H10O5. The molecule has 0 radical (unpaired) electrons. The first-order valence-electron chi connectivity index (χ1n) is 4.77. The number of carbonyl (C=O) groups is 2. The number of hydrogen-bond acceptors (Lipinski definition) is 4. The zero-order valence-electron chi connectivity index (χ0n) is 8.33. The highest BCUT2D eigenvalue weighted by Gasteiger charge is 2.51. The third-order valence-corrected chi connectivity index (χ3v) is 2.19. The minimum absolute atomic E-state index is 0.131. The quantitative estimate of drug-likeness (QED) is 0.595. The smallest absolute Gasteiger partial charge is 0.339 e. The Morgan fingerprint density at radius 1 is 1.25 bits per heavy atom. The van der Waals surface area contributed by atoms with Crippen LogP contribution in [0.25, 0.3) is 0 Å². The van der Waals surface area contributed by atoms with Crippen LogP contribution in [0, 0.1) is 0 Å². The molecule has 1 aromatic rings. The second-order valence-electron chi connectivity index (χ2n) is 3.41. The zero-order valence-corrected chi connectivity index (χ0v) is 8.33. The average molecular weight is 222 g/mol. The minimum Gasteiger partial charge on any atom is -0.479 e. The molecule has 1 aromatic carbocycles. The van der Waals surface area contributed by atoms with Gasteiger partial charge in [0.1, 0.15) is 6.61 Å². The number of carbonyl (C=O) groups excluding carboxylic acids is 1. The van der Waals surface area contributed by atoms with Crippen molar-refractivity contribution in [3.05, 3.63) is 35.9 Å². The second kappa shape index (κ2) is 4.32. The van der Waals surface area contributed by atoms with Crippen molar-refractivity contribution in [3.63, 3.8) is 0 Å². The predicted octanol–water partition coefficient (Wildman–Crippen LogP) is 0.582. The normalized spacial score (nSPS) is 22.5. The maximum atomic E-state index is 11.3. The fourth-order valence-electron chi connectivity index (χ4n) is 1.29. The van der Waals surface area contributed by atoms with E-state index in [4.69, 9.17) is 9.84 Å². The summed E-state index contributed by atoms with van der Waals surface area (Å²) in [5.41, 5.74) is 0.850. The Bertz CT molecular complexity index is 400. The van der Waals surface area contributed by atoms with E-state index in [1.807, 2.05) is 30.3 Å². The first-order valence-corrected chi connectivity index (χ1v) is 4.77. The standard InChI is InChI=1S/C11H10O5/c12-10(13)8-9(16-8)11(14)15-6-7-4-2-1-3-5-7/h1-5,8-9H,6H2,(H,12,13)/t8-,9-/m1/s1. The van der Waals surface area contributed by atoms with E-state index in [0.29, 0.717) is 0 Å². The van der Waals surface area contributed by atoms with Gasteiger partial charge in [0.25, 0.3) is 0 Å². The number of carboxylic acids is 1. The van der Waals surface area contributed by atoms with Gasteiger partial charge in [-0.25, -0.2) is 9.59 Å². The van der Waals surface area contributed by atoms with Gasteiger partial charge in [-0.05, 0) is 5.56 Å². The molecule has 2 rings (SSSR count). The van der Waals surface area contributed by atoms with Crippen LogP contribution in [0.5, 0.6) is 0 Å². The lowest BCUT2D eigenvalue weighted by Crippen LogP contribution is -2.18. The Labute approximate surface area is 91.6 Å². The van der Waals surface area contributed by atoms with Crippen molar-refractivity contribution >= 4 is 11.9 Å². The Morgan fingerprint density at radius 3 is 2.50 bits per heavy atom. The molecule has 0 amide bonds. The molecule has 1 aliphatic rings. The van der Waals surface area contributed by atoms with Crippen LogP contribution < -0.4 is 0 Å². The number of epoxide rings is 1. The van der Waals surface area contributed by atoms with E-state index in [-0.39, 0.29) is 6.61 Å². The molecule has 0 bridgehead atoms. The van der Waals surface area contributed by atoms with Crippen molar-refractivity contribution in [1.29, 1.82) is 0 Å². The predicted molar refractivity (Wildman–Crippen MR) is 52.5 cm³/mol. The SMILES string of the molecule is O=C(O)[C@@H]1O[C@H]1C(=O)OCc1ccccc1. The van der Waals surface area contributed by atoms with Gasteiger partial charge in [0, 0.05) is 0 Å². The Kier molecular flexibility index (Phi) is 2.87. The number of benzene rings is 1. The van der Waals surface area contributed by atoms with Gasteiger partial charge < -0.3 is 14.6 Å². The molecule has 1 heterocycles. The topological polar surface area (TPSA) is 76.1 Å². The van der Waals surface area contributed by atoms with Crippen LogP contribution in [0.4, 0.5) is 0 Å². The summed E-state index contributed by atoms with van der Waals surface area (Å²) in [6.07, 6.45) is -1.98. The summed E-state index contributed by atoms with van der Waals surface area (Å²) in [6.45, 7) is 0.131. The minimum atomic E-state index is -1.14. The van der Waals surface area contributed by atoms with Crippen LogP contribution in [0.1, 0.15) is 5.56 Å². The molecule has 1 fully saturated rings. The molecule has 0 saturated carbocycles. The molecule has 0 spiro atoms. The first-order chi connectivity index (χ1) is 7.68. The van der Waals surface area contributed by atoms with E-state index in [2.05, 4.69) is 4.74 Å². The molecule has 0 unspecified atom stereocenters. The summed E-state index contributed by atoms with van der Waals surface area (Å²) in [4.78, 5) is 21.7. The van der Waals surface area contributed by atoms with Crippen LogP contribution in [0.3, 0.4) is 0 Å². The fourth-order valence-corrected chi connectivity index (χ4v) is 1.29. The number of aliphatic carboxylic acids is 1. The average Bonchev–Trinajstić information content (AvgIpc) is 3.07. The third-order valence-electron chi connectivity index (χ3n) is 2.19. The maximum absolute atomic E-state index is 11.3. The molecule has 84 valence electrons. The molecule has 2 atom stereocenters. The van der Waals surface area contributed by atoms with Crippen LogP contribution in [0.15, 0.2) is 30.3 Å². The van der Waals surface area contributed by atoms with Crippen molar-refractivity contribution in [2.24, 2.45) is 0 Å². The van der Waals surface area contributed by atoms with Gasteiger partial charge in [-0.1, -0.05) is 30.3 Å². The van der Waals surface area contributed by atoms with Crippen molar-refractivity contribution in [1.82, 2.24) is 0 Å². The van der Waals surface area contributed by atoms with Gasteiger partial charge in [-0.3, -0.25) is 0 Å². The Hall–Kier alpha value is -1.88. The summed E-state index contributed by atoms with van der Waals surface area (Å²) in [6, 6.07) is 9.15. The van der Waals surface area contributed by atoms with E-state index < -0.39 is 24.1 Å².